The Morgan fingerprint density at radius 2 is 2.12 bits per heavy atom. The lowest BCUT2D eigenvalue weighted by atomic mass is 9.53. The fourth-order valence-electron chi connectivity index (χ4n) is 4.50. The van der Waals surface area contributed by atoms with E-state index >= 15 is 0 Å². The highest BCUT2D eigenvalue weighted by Crippen LogP contribution is 2.58. The third kappa shape index (κ3) is 1.36. The summed E-state index contributed by atoms with van der Waals surface area (Å²) >= 11 is 0. The molecule has 2 aliphatic carbocycles. The lowest BCUT2D eigenvalue weighted by Gasteiger charge is -2.51. The van der Waals surface area contributed by atoms with E-state index in [1.165, 1.54) is 12.8 Å². The van der Waals surface area contributed by atoms with Gasteiger partial charge in [-0.05, 0) is 37.0 Å². The van der Waals surface area contributed by atoms with Gasteiger partial charge in [-0.1, -0.05) is 32.4 Å². The zero-order valence-corrected chi connectivity index (χ0v) is 11.0. The summed E-state index contributed by atoms with van der Waals surface area (Å²) < 4.78 is 5.57. The molecule has 17 heavy (non-hydrogen) atoms. The van der Waals surface area contributed by atoms with Gasteiger partial charge in [0.2, 0.25) is 0 Å². The molecule has 2 fully saturated rings. The lowest BCUT2D eigenvalue weighted by Crippen LogP contribution is -2.47. The van der Waals surface area contributed by atoms with Crippen LogP contribution < -0.4 is 0 Å². The number of esters is 1. The van der Waals surface area contributed by atoms with Crippen molar-refractivity contribution in [2.24, 2.45) is 23.2 Å². The Hall–Kier alpha value is -0.790. The summed E-state index contributed by atoms with van der Waals surface area (Å²) in [4.78, 5) is 11.8. The molecule has 0 bridgehead atoms. The van der Waals surface area contributed by atoms with Crippen molar-refractivity contribution in [2.45, 2.75) is 52.6 Å². The van der Waals surface area contributed by atoms with Crippen molar-refractivity contribution in [1.29, 1.82) is 0 Å². The number of rotatable bonds is 0. The number of carbonyl (C=O) groups is 1. The molecule has 2 heteroatoms. The zero-order valence-electron chi connectivity index (χ0n) is 11.0. The molecule has 94 valence electrons. The Morgan fingerprint density at radius 3 is 2.88 bits per heavy atom. The maximum Gasteiger partial charge on any atom is 0.309 e. The van der Waals surface area contributed by atoms with Gasteiger partial charge in [0.25, 0.3) is 0 Å². The van der Waals surface area contributed by atoms with Crippen LogP contribution in [0.25, 0.3) is 0 Å². The molecule has 0 amide bonds. The van der Waals surface area contributed by atoms with Crippen LogP contribution in [0.4, 0.5) is 0 Å². The van der Waals surface area contributed by atoms with Crippen LogP contribution >= 0.6 is 0 Å². The molecule has 0 aromatic carbocycles. The first kappa shape index (κ1) is 11.3. The van der Waals surface area contributed by atoms with E-state index in [1.807, 2.05) is 0 Å². The molecule has 1 aliphatic heterocycles. The second-order valence-corrected chi connectivity index (χ2v) is 6.32. The molecular weight excluding hydrogens is 212 g/mol. The molecular formula is C15H22O2. The maximum absolute atomic E-state index is 11.8. The van der Waals surface area contributed by atoms with Crippen LogP contribution in [0.5, 0.6) is 0 Å². The maximum atomic E-state index is 11.8. The predicted molar refractivity (Wildman–Crippen MR) is 66.4 cm³/mol. The van der Waals surface area contributed by atoms with E-state index in [9.17, 15) is 4.79 Å². The monoisotopic (exact) mass is 234 g/mol. The normalized spacial score (nSPS) is 49.1. The van der Waals surface area contributed by atoms with Crippen molar-refractivity contribution in [2.75, 3.05) is 0 Å². The van der Waals surface area contributed by atoms with Crippen LogP contribution in [0, 0.1) is 23.2 Å². The standard InChI is InChI=1S/C15H22O2/c1-9-5-4-6-11-7-8-12-13(15(9,11)3)10(2)14(16)17-12/h6,9-10,12-13H,4-5,7-8H2,1-3H3/t9-,10-,12-,13-,15+/m0/s1. The van der Waals surface area contributed by atoms with Gasteiger partial charge in [-0.15, -0.1) is 0 Å². The summed E-state index contributed by atoms with van der Waals surface area (Å²) in [6.45, 7) is 6.78. The molecule has 0 aromatic rings. The highest BCUT2D eigenvalue weighted by molar-refractivity contribution is 5.75. The second-order valence-electron chi connectivity index (χ2n) is 6.32. The van der Waals surface area contributed by atoms with Crippen LogP contribution in [0.15, 0.2) is 11.6 Å². The summed E-state index contributed by atoms with van der Waals surface area (Å²) in [6, 6.07) is 0. The summed E-state index contributed by atoms with van der Waals surface area (Å²) in [7, 11) is 0. The van der Waals surface area contributed by atoms with Crippen molar-refractivity contribution >= 4 is 5.97 Å². The molecule has 5 atom stereocenters. The summed E-state index contributed by atoms with van der Waals surface area (Å²) in [6.07, 6.45) is 7.25. The second kappa shape index (κ2) is 3.60. The average Bonchev–Trinajstić information content (AvgIpc) is 2.58. The molecule has 0 aromatic heterocycles. The first-order valence-electron chi connectivity index (χ1n) is 6.95. The molecule has 2 nitrogen and oxygen atoms in total. The van der Waals surface area contributed by atoms with E-state index in [4.69, 9.17) is 4.74 Å². The Bertz CT molecular complexity index is 384. The fraction of sp³-hybridized carbons (Fsp3) is 0.800. The minimum Gasteiger partial charge on any atom is -0.462 e. The van der Waals surface area contributed by atoms with Gasteiger partial charge in [0.05, 0.1) is 5.92 Å². The fourth-order valence-corrected chi connectivity index (χ4v) is 4.50. The van der Waals surface area contributed by atoms with Gasteiger partial charge in [0, 0.05) is 5.92 Å². The van der Waals surface area contributed by atoms with Crippen LogP contribution in [0.3, 0.4) is 0 Å². The number of fused-ring (bicyclic) bond motifs is 3. The Balaban J connectivity index is 2.05. The van der Waals surface area contributed by atoms with Gasteiger partial charge < -0.3 is 4.74 Å². The van der Waals surface area contributed by atoms with Crippen LogP contribution in [-0.2, 0) is 9.53 Å². The number of carbonyl (C=O) groups excluding carboxylic acids is 1. The number of allylic oxidation sites excluding steroid dienone is 2. The molecule has 3 rings (SSSR count). The first-order chi connectivity index (χ1) is 8.05. The lowest BCUT2D eigenvalue weighted by molar-refractivity contribution is -0.144. The largest absolute Gasteiger partial charge is 0.462 e. The minimum atomic E-state index is 0.0280. The Morgan fingerprint density at radius 1 is 1.35 bits per heavy atom. The smallest absolute Gasteiger partial charge is 0.309 e. The van der Waals surface area contributed by atoms with Gasteiger partial charge in [-0.3, -0.25) is 4.79 Å². The van der Waals surface area contributed by atoms with Crippen molar-refractivity contribution in [1.82, 2.24) is 0 Å². The van der Waals surface area contributed by atoms with Gasteiger partial charge in [0.1, 0.15) is 6.10 Å². The quantitative estimate of drug-likeness (QED) is 0.475. The van der Waals surface area contributed by atoms with Gasteiger partial charge in [-0.2, -0.15) is 0 Å². The molecule has 0 radical (unpaired) electrons. The minimum absolute atomic E-state index is 0.0280. The van der Waals surface area contributed by atoms with Crippen molar-refractivity contribution < 1.29 is 9.53 Å². The van der Waals surface area contributed by atoms with Gasteiger partial charge in [0.15, 0.2) is 0 Å². The van der Waals surface area contributed by atoms with Gasteiger partial charge in [-0.25, -0.2) is 0 Å². The molecule has 1 heterocycles. The third-order valence-corrected chi connectivity index (χ3v) is 5.68. The number of ether oxygens (including phenoxy) is 1. The molecule has 0 N–H and O–H groups in total. The number of hydrogen-bond acceptors (Lipinski definition) is 2. The summed E-state index contributed by atoms with van der Waals surface area (Å²) in [5.74, 6) is 1.19. The summed E-state index contributed by atoms with van der Waals surface area (Å²) in [5, 5.41) is 0. The van der Waals surface area contributed by atoms with Crippen molar-refractivity contribution in [3.05, 3.63) is 11.6 Å². The highest BCUT2D eigenvalue weighted by Gasteiger charge is 2.57. The zero-order chi connectivity index (χ0) is 12.2. The SMILES string of the molecule is C[C@@H]1C(=O)O[C@H]2CCC3=CCC[C@H](C)[C@@]3(C)[C@H]21. The molecule has 1 saturated carbocycles. The molecule has 0 unspecified atom stereocenters. The predicted octanol–water partition coefficient (Wildman–Crippen LogP) is 3.32. The van der Waals surface area contributed by atoms with Crippen molar-refractivity contribution in [3.63, 3.8) is 0 Å². The van der Waals surface area contributed by atoms with E-state index in [2.05, 4.69) is 26.8 Å². The van der Waals surface area contributed by atoms with E-state index < -0.39 is 0 Å². The number of hydrogen-bond donors (Lipinski definition) is 0. The topological polar surface area (TPSA) is 26.3 Å². The Labute approximate surface area is 103 Å². The molecule has 0 spiro atoms. The van der Waals surface area contributed by atoms with Crippen LogP contribution in [0.2, 0.25) is 0 Å². The van der Waals surface area contributed by atoms with E-state index in [-0.39, 0.29) is 23.4 Å². The van der Waals surface area contributed by atoms with E-state index in [0.717, 1.165) is 12.8 Å². The summed E-state index contributed by atoms with van der Waals surface area (Å²) in [5.41, 5.74) is 1.80. The first-order valence-corrected chi connectivity index (χ1v) is 6.95. The van der Waals surface area contributed by atoms with E-state index in [1.54, 1.807) is 5.57 Å². The molecule has 3 aliphatic rings. The molecule has 1 saturated heterocycles. The van der Waals surface area contributed by atoms with Crippen LogP contribution in [0.1, 0.15) is 46.5 Å². The third-order valence-electron chi connectivity index (χ3n) is 5.68. The van der Waals surface area contributed by atoms with Crippen LogP contribution in [-0.4, -0.2) is 12.1 Å². The average molecular weight is 234 g/mol. The van der Waals surface area contributed by atoms with Gasteiger partial charge >= 0.3 is 5.97 Å². The highest BCUT2D eigenvalue weighted by atomic mass is 16.6. The van der Waals surface area contributed by atoms with E-state index in [0.29, 0.717) is 11.8 Å². The Kier molecular flexibility index (Phi) is 2.39. The van der Waals surface area contributed by atoms with Crippen molar-refractivity contribution in [3.8, 4) is 0 Å².